The third kappa shape index (κ3) is 3.33. The third-order valence-corrected chi connectivity index (χ3v) is 6.02. The van der Waals surface area contributed by atoms with Crippen molar-refractivity contribution in [2.75, 3.05) is 37.7 Å². The SMILES string of the molecule is O=S1(=O)CCC(N2CCN(Cn3cc(Cl)cn3)CC2)C1. The van der Waals surface area contributed by atoms with E-state index in [1.54, 1.807) is 6.20 Å². The van der Waals surface area contributed by atoms with E-state index < -0.39 is 9.84 Å². The lowest BCUT2D eigenvalue weighted by Crippen LogP contribution is -2.50. The predicted octanol–water partition coefficient (Wildman–Crippen LogP) is 0.299. The first kappa shape index (κ1) is 14.3. The minimum Gasteiger partial charge on any atom is -0.297 e. The topological polar surface area (TPSA) is 58.4 Å². The fourth-order valence-corrected chi connectivity index (χ4v) is 4.87. The Labute approximate surface area is 124 Å². The van der Waals surface area contributed by atoms with Gasteiger partial charge in [-0.15, -0.1) is 0 Å². The lowest BCUT2D eigenvalue weighted by Gasteiger charge is -2.37. The molecule has 3 rings (SSSR count). The molecule has 2 fully saturated rings. The molecule has 1 aromatic heterocycles. The van der Waals surface area contributed by atoms with Gasteiger partial charge < -0.3 is 0 Å². The van der Waals surface area contributed by atoms with E-state index in [-0.39, 0.29) is 6.04 Å². The van der Waals surface area contributed by atoms with Crippen LogP contribution in [-0.4, -0.2) is 71.7 Å². The standard InChI is InChI=1S/C12H19ClN4O2S/c13-11-7-14-17(8-11)10-15-2-4-16(5-3-15)12-1-6-20(18,19)9-12/h7-8,12H,1-6,9-10H2. The van der Waals surface area contributed by atoms with E-state index in [9.17, 15) is 8.42 Å². The van der Waals surface area contributed by atoms with E-state index in [2.05, 4.69) is 14.9 Å². The lowest BCUT2D eigenvalue weighted by atomic mass is 10.2. The van der Waals surface area contributed by atoms with Gasteiger partial charge in [-0.3, -0.25) is 14.5 Å². The minimum atomic E-state index is -2.79. The zero-order valence-electron chi connectivity index (χ0n) is 11.3. The van der Waals surface area contributed by atoms with Gasteiger partial charge in [-0.05, 0) is 6.42 Å². The second-order valence-corrected chi connectivity index (χ2v) is 8.22. The van der Waals surface area contributed by atoms with Gasteiger partial charge >= 0.3 is 0 Å². The van der Waals surface area contributed by atoms with Crippen LogP contribution in [0.5, 0.6) is 0 Å². The van der Waals surface area contributed by atoms with Gasteiger partial charge in [0.15, 0.2) is 9.84 Å². The summed E-state index contributed by atoms with van der Waals surface area (Å²) in [6.07, 6.45) is 4.25. The maximum Gasteiger partial charge on any atom is 0.151 e. The van der Waals surface area contributed by atoms with E-state index >= 15 is 0 Å². The van der Waals surface area contributed by atoms with E-state index in [0.29, 0.717) is 16.5 Å². The quantitative estimate of drug-likeness (QED) is 0.802. The summed E-state index contributed by atoms with van der Waals surface area (Å²) >= 11 is 5.85. The summed E-state index contributed by atoms with van der Waals surface area (Å²) in [7, 11) is -2.79. The van der Waals surface area contributed by atoms with Crippen molar-refractivity contribution in [3.8, 4) is 0 Å². The van der Waals surface area contributed by atoms with Crippen molar-refractivity contribution in [3.05, 3.63) is 17.4 Å². The van der Waals surface area contributed by atoms with Crippen LogP contribution in [0.15, 0.2) is 12.4 Å². The molecule has 3 heterocycles. The Morgan fingerprint density at radius 2 is 2.05 bits per heavy atom. The Balaban J connectivity index is 1.50. The number of hydrogen-bond donors (Lipinski definition) is 0. The van der Waals surface area contributed by atoms with Crippen molar-refractivity contribution in [1.82, 2.24) is 19.6 Å². The zero-order chi connectivity index (χ0) is 14.2. The van der Waals surface area contributed by atoms with E-state index in [1.807, 2.05) is 10.9 Å². The Kier molecular flexibility index (Phi) is 4.03. The van der Waals surface area contributed by atoms with Gasteiger partial charge in [0.1, 0.15) is 0 Å². The van der Waals surface area contributed by atoms with Gasteiger partial charge in [-0.25, -0.2) is 8.42 Å². The molecule has 2 aliphatic heterocycles. The smallest absolute Gasteiger partial charge is 0.151 e. The van der Waals surface area contributed by atoms with Crippen molar-refractivity contribution in [2.45, 2.75) is 19.1 Å². The maximum atomic E-state index is 11.5. The summed E-state index contributed by atoms with van der Waals surface area (Å²) in [6, 6.07) is 0.223. The van der Waals surface area contributed by atoms with Crippen LogP contribution >= 0.6 is 11.6 Å². The fraction of sp³-hybridized carbons (Fsp3) is 0.750. The van der Waals surface area contributed by atoms with Crippen LogP contribution in [0, 0.1) is 0 Å². The number of nitrogens with zero attached hydrogens (tertiary/aromatic N) is 4. The fourth-order valence-electron chi connectivity index (χ4n) is 2.95. The molecule has 2 aliphatic rings. The van der Waals surface area contributed by atoms with Crippen LogP contribution in [-0.2, 0) is 16.5 Å². The monoisotopic (exact) mass is 318 g/mol. The minimum absolute atomic E-state index is 0.223. The van der Waals surface area contributed by atoms with Gasteiger partial charge in [0.2, 0.25) is 0 Å². The number of rotatable bonds is 3. The van der Waals surface area contributed by atoms with Crippen molar-refractivity contribution >= 4 is 21.4 Å². The molecule has 8 heteroatoms. The summed E-state index contributed by atoms with van der Waals surface area (Å²) in [6.45, 7) is 4.47. The molecule has 0 amide bonds. The molecule has 2 saturated heterocycles. The van der Waals surface area contributed by atoms with Crippen molar-refractivity contribution in [2.24, 2.45) is 0 Å². The lowest BCUT2D eigenvalue weighted by molar-refractivity contribution is 0.0814. The van der Waals surface area contributed by atoms with Gasteiger partial charge in [0.05, 0.1) is 29.4 Å². The molecule has 0 saturated carbocycles. The highest BCUT2D eigenvalue weighted by molar-refractivity contribution is 7.91. The van der Waals surface area contributed by atoms with Gasteiger partial charge in [0, 0.05) is 38.4 Å². The number of aromatic nitrogens is 2. The average molecular weight is 319 g/mol. The zero-order valence-corrected chi connectivity index (χ0v) is 12.9. The van der Waals surface area contributed by atoms with Crippen LogP contribution in [0.4, 0.5) is 0 Å². The first-order valence-corrected chi connectivity index (χ1v) is 9.06. The Bertz CT molecular complexity index is 566. The molecule has 0 aromatic carbocycles. The number of hydrogen-bond acceptors (Lipinski definition) is 5. The first-order chi connectivity index (χ1) is 9.52. The number of halogens is 1. The highest BCUT2D eigenvalue weighted by atomic mass is 35.5. The predicted molar refractivity (Wildman–Crippen MR) is 77.4 cm³/mol. The molecule has 1 atom stereocenters. The summed E-state index contributed by atoms with van der Waals surface area (Å²) < 4.78 is 24.9. The molecular weight excluding hydrogens is 300 g/mol. The van der Waals surface area contributed by atoms with Crippen LogP contribution in [0.25, 0.3) is 0 Å². The molecule has 112 valence electrons. The molecular formula is C12H19ClN4O2S. The molecule has 0 N–H and O–H groups in total. The van der Waals surface area contributed by atoms with Crippen molar-refractivity contribution in [3.63, 3.8) is 0 Å². The molecule has 0 bridgehead atoms. The highest BCUT2D eigenvalue weighted by Gasteiger charge is 2.33. The molecule has 20 heavy (non-hydrogen) atoms. The normalized spacial score (nSPS) is 27.9. The molecule has 1 aromatic rings. The van der Waals surface area contributed by atoms with Crippen LogP contribution in [0.3, 0.4) is 0 Å². The number of piperazine rings is 1. The van der Waals surface area contributed by atoms with Crippen molar-refractivity contribution < 1.29 is 8.42 Å². The van der Waals surface area contributed by atoms with Crippen LogP contribution in [0.1, 0.15) is 6.42 Å². The first-order valence-electron chi connectivity index (χ1n) is 6.87. The summed E-state index contributed by atoms with van der Waals surface area (Å²) in [5.74, 6) is 0.686. The Morgan fingerprint density at radius 3 is 2.60 bits per heavy atom. The summed E-state index contributed by atoms with van der Waals surface area (Å²) in [5.41, 5.74) is 0. The van der Waals surface area contributed by atoms with Gasteiger partial charge in [0.25, 0.3) is 0 Å². The van der Waals surface area contributed by atoms with Gasteiger partial charge in [-0.1, -0.05) is 11.6 Å². The largest absolute Gasteiger partial charge is 0.297 e. The second kappa shape index (κ2) is 5.63. The Hall–Kier alpha value is -0.630. The van der Waals surface area contributed by atoms with E-state index in [0.717, 1.165) is 39.3 Å². The van der Waals surface area contributed by atoms with Crippen molar-refractivity contribution in [1.29, 1.82) is 0 Å². The maximum absolute atomic E-state index is 11.5. The number of sulfone groups is 1. The molecule has 0 radical (unpaired) electrons. The summed E-state index contributed by atoms with van der Waals surface area (Å²) in [5, 5.41) is 4.83. The van der Waals surface area contributed by atoms with E-state index in [1.165, 1.54) is 0 Å². The Morgan fingerprint density at radius 1 is 1.30 bits per heavy atom. The average Bonchev–Trinajstić information content (AvgIpc) is 2.96. The van der Waals surface area contributed by atoms with Crippen LogP contribution in [0.2, 0.25) is 5.02 Å². The van der Waals surface area contributed by atoms with Gasteiger partial charge in [-0.2, -0.15) is 5.10 Å². The molecule has 0 spiro atoms. The summed E-state index contributed by atoms with van der Waals surface area (Å²) in [4.78, 5) is 4.63. The van der Waals surface area contributed by atoms with E-state index in [4.69, 9.17) is 11.6 Å². The third-order valence-electron chi connectivity index (χ3n) is 4.08. The molecule has 1 unspecified atom stereocenters. The highest BCUT2D eigenvalue weighted by Crippen LogP contribution is 2.19. The van der Waals surface area contributed by atoms with Crippen LogP contribution < -0.4 is 0 Å². The molecule has 0 aliphatic carbocycles. The second-order valence-electron chi connectivity index (χ2n) is 5.55. The molecule has 6 nitrogen and oxygen atoms in total.